The zero-order valence-electron chi connectivity index (χ0n) is 15.9. The lowest BCUT2D eigenvalue weighted by Crippen LogP contribution is -2.22. The second kappa shape index (κ2) is 6.33. The molecule has 0 N–H and O–H groups in total. The number of rotatable bonds is 4. The van der Waals surface area contributed by atoms with Crippen LogP contribution < -0.4 is 5.56 Å². The highest BCUT2D eigenvalue weighted by atomic mass is 35.5. The standard InChI is InChI=1S/C20H16ClN7O2/c1-27-8-23-19-17(27)20(29)28(9-24-19)7-15-25-18(26-30-15)16-12-4-10(5-13(12)16)14-3-2-11(21)6-22-14/h2-4,6,8-9,12-13,16H,5,7H2,1H3. The number of pyridine rings is 1. The number of fused-ring (bicyclic) bond motifs is 2. The number of aromatic nitrogens is 7. The Morgan fingerprint density at radius 3 is 2.87 bits per heavy atom. The summed E-state index contributed by atoms with van der Waals surface area (Å²) in [6, 6.07) is 3.81. The molecule has 4 heterocycles. The maximum absolute atomic E-state index is 12.7. The van der Waals surface area contributed by atoms with Gasteiger partial charge >= 0.3 is 0 Å². The molecule has 150 valence electrons. The van der Waals surface area contributed by atoms with Crippen molar-refractivity contribution in [1.29, 1.82) is 0 Å². The predicted molar refractivity (Wildman–Crippen MR) is 108 cm³/mol. The molecule has 0 aromatic carbocycles. The fourth-order valence-corrected chi connectivity index (χ4v) is 4.47. The third-order valence-electron chi connectivity index (χ3n) is 5.92. The van der Waals surface area contributed by atoms with E-state index in [0.29, 0.717) is 39.7 Å². The Morgan fingerprint density at radius 1 is 1.23 bits per heavy atom. The summed E-state index contributed by atoms with van der Waals surface area (Å²) in [5, 5.41) is 4.80. The van der Waals surface area contributed by atoms with E-state index < -0.39 is 0 Å². The lowest BCUT2D eigenvalue weighted by Gasteiger charge is -2.04. The Kier molecular flexibility index (Phi) is 3.70. The van der Waals surface area contributed by atoms with Crippen LogP contribution in [-0.4, -0.2) is 34.2 Å². The molecule has 3 unspecified atom stereocenters. The summed E-state index contributed by atoms with van der Waals surface area (Å²) in [6.45, 7) is 0.178. The fourth-order valence-electron chi connectivity index (χ4n) is 4.36. The summed E-state index contributed by atoms with van der Waals surface area (Å²) < 4.78 is 8.54. The van der Waals surface area contributed by atoms with Gasteiger partial charge in [-0.15, -0.1) is 0 Å². The predicted octanol–water partition coefficient (Wildman–Crippen LogP) is 2.43. The molecule has 4 aromatic rings. The molecule has 0 saturated heterocycles. The Bertz CT molecular complexity index is 1370. The quantitative estimate of drug-likeness (QED) is 0.498. The highest BCUT2D eigenvalue weighted by Crippen LogP contribution is 2.62. The van der Waals surface area contributed by atoms with E-state index in [-0.39, 0.29) is 18.0 Å². The van der Waals surface area contributed by atoms with Crippen molar-refractivity contribution in [1.82, 2.24) is 34.2 Å². The summed E-state index contributed by atoms with van der Waals surface area (Å²) in [4.78, 5) is 29.9. The molecule has 2 aliphatic carbocycles. The highest BCUT2D eigenvalue weighted by molar-refractivity contribution is 6.30. The first-order valence-corrected chi connectivity index (χ1v) is 9.98. The Morgan fingerprint density at radius 2 is 2.10 bits per heavy atom. The van der Waals surface area contributed by atoms with Crippen LogP contribution >= 0.6 is 11.6 Å². The Labute approximate surface area is 175 Å². The molecule has 0 amide bonds. The first-order chi connectivity index (χ1) is 14.6. The van der Waals surface area contributed by atoms with Crippen molar-refractivity contribution >= 4 is 28.3 Å². The third kappa shape index (κ3) is 2.69. The second-order valence-corrected chi connectivity index (χ2v) is 8.21. The zero-order valence-corrected chi connectivity index (χ0v) is 16.7. The average Bonchev–Trinajstić information content (AvgIpc) is 3.16. The third-order valence-corrected chi connectivity index (χ3v) is 6.15. The summed E-state index contributed by atoms with van der Waals surface area (Å²) in [5.74, 6) is 2.22. The number of allylic oxidation sites excluding steroid dienone is 2. The zero-order chi connectivity index (χ0) is 20.4. The van der Waals surface area contributed by atoms with Crippen LogP contribution in [0.4, 0.5) is 0 Å². The summed E-state index contributed by atoms with van der Waals surface area (Å²) in [5.41, 5.74) is 2.89. The molecule has 2 aliphatic rings. The summed E-state index contributed by atoms with van der Waals surface area (Å²) >= 11 is 5.92. The maximum Gasteiger partial charge on any atom is 0.280 e. The number of hydrogen-bond acceptors (Lipinski definition) is 7. The molecular formula is C20H16ClN7O2. The minimum atomic E-state index is -0.189. The van der Waals surface area contributed by atoms with E-state index in [2.05, 4.69) is 31.2 Å². The molecule has 0 aliphatic heterocycles. The van der Waals surface area contributed by atoms with Crippen molar-refractivity contribution in [3.05, 3.63) is 69.8 Å². The number of imidazole rings is 1. The lowest BCUT2D eigenvalue weighted by atomic mass is 10.1. The van der Waals surface area contributed by atoms with E-state index in [1.807, 2.05) is 12.1 Å². The Balaban J connectivity index is 1.20. The largest absolute Gasteiger partial charge is 0.337 e. The molecule has 0 bridgehead atoms. The van der Waals surface area contributed by atoms with Gasteiger partial charge in [-0.2, -0.15) is 4.98 Å². The summed E-state index contributed by atoms with van der Waals surface area (Å²) in [6.07, 6.45) is 7.90. The topological polar surface area (TPSA) is 105 Å². The van der Waals surface area contributed by atoms with Gasteiger partial charge in [0.15, 0.2) is 17.0 Å². The van der Waals surface area contributed by atoms with E-state index in [9.17, 15) is 4.79 Å². The van der Waals surface area contributed by atoms with Gasteiger partial charge in [0.1, 0.15) is 12.9 Å². The van der Waals surface area contributed by atoms with Gasteiger partial charge in [-0.05, 0) is 36.0 Å². The van der Waals surface area contributed by atoms with Gasteiger partial charge < -0.3 is 9.09 Å². The summed E-state index contributed by atoms with van der Waals surface area (Å²) in [7, 11) is 1.76. The SMILES string of the molecule is Cn1cnc2ncn(Cc3nc(C4C5C=C(c6ccc(Cl)cn6)CC54)no3)c(=O)c21. The van der Waals surface area contributed by atoms with Crippen LogP contribution in [0.1, 0.15) is 29.7 Å². The van der Waals surface area contributed by atoms with Crippen LogP contribution in [0.2, 0.25) is 5.02 Å². The molecule has 4 aromatic heterocycles. The molecule has 10 heteroatoms. The van der Waals surface area contributed by atoms with Crippen LogP contribution in [0.25, 0.3) is 16.7 Å². The van der Waals surface area contributed by atoms with E-state index in [1.54, 1.807) is 24.1 Å². The van der Waals surface area contributed by atoms with Gasteiger partial charge in [-0.1, -0.05) is 22.8 Å². The average molecular weight is 422 g/mol. The minimum Gasteiger partial charge on any atom is -0.337 e. The normalized spacial score (nSPS) is 22.3. The van der Waals surface area contributed by atoms with Crippen molar-refractivity contribution in [2.24, 2.45) is 18.9 Å². The molecule has 0 radical (unpaired) electrons. The van der Waals surface area contributed by atoms with Gasteiger partial charge in [-0.3, -0.25) is 14.3 Å². The van der Waals surface area contributed by atoms with Gasteiger partial charge in [-0.25, -0.2) is 9.97 Å². The fraction of sp³-hybridized carbons (Fsp3) is 0.300. The first kappa shape index (κ1) is 17.5. The molecule has 1 saturated carbocycles. The van der Waals surface area contributed by atoms with Gasteiger partial charge in [0, 0.05) is 19.2 Å². The smallest absolute Gasteiger partial charge is 0.280 e. The molecule has 1 fully saturated rings. The number of hydrogen-bond donors (Lipinski definition) is 0. The van der Waals surface area contributed by atoms with Crippen LogP contribution in [0.5, 0.6) is 0 Å². The van der Waals surface area contributed by atoms with Crippen molar-refractivity contribution < 1.29 is 4.52 Å². The molecular weight excluding hydrogens is 406 g/mol. The molecule has 0 spiro atoms. The number of aryl methyl sites for hydroxylation is 1. The first-order valence-electron chi connectivity index (χ1n) is 9.60. The molecule has 9 nitrogen and oxygen atoms in total. The van der Waals surface area contributed by atoms with Crippen LogP contribution in [0.15, 0.2) is 46.4 Å². The van der Waals surface area contributed by atoms with Crippen LogP contribution in [0.3, 0.4) is 0 Å². The molecule has 30 heavy (non-hydrogen) atoms. The van der Waals surface area contributed by atoms with Gasteiger partial charge in [0.05, 0.1) is 17.0 Å². The van der Waals surface area contributed by atoms with Crippen LogP contribution in [0, 0.1) is 11.8 Å². The maximum atomic E-state index is 12.7. The Hall–Kier alpha value is -3.33. The molecule has 6 rings (SSSR count). The minimum absolute atomic E-state index is 0.178. The van der Waals surface area contributed by atoms with Crippen molar-refractivity contribution in [3.63, 3.8) is 0 Å². The van der Waals surface area contributed by atoms with Gasteiger partial charge in [0.25, 0.3) is 5.56 Å². The van der Waals surface area contributed by atoms with Crippen molar-refractivity contribution in [2.75, 3.05) is 0 Å². The van der Waals surface area contributed by atoms with E-state index >= 15 is 0 Å². The second-order valence-electron chi connectivity index (χ2n) is 7.78. The van der Waals surface area contributed by atoms with Gasteiger partial charge in [0.2, 0.25) is 5.89 Å². The monoisotopic (exact) mass is 421 g/mol. The lowest BCUT2D eigenvalue weighted by molar-refractivity contribution is 0.364. The van der Waals surface area contributed by atoms with Crippen LogP contribution in [-0.2, 0) is 13.6 Å². The molecule has 3 atom stereocenters. The van der Waals surface area contributed by atoms with E-state index in [1.165, 1.54) is 16.5 Å². The van der Waals surface area contributed by atoms with Crippen molar-refractivity contribution in [2.45, 2.75) is 18.9 Å². The number of halogens is 1. The van der Waals surface area contributed by atoms with E-state index in [0.717, 1.165) is 12.1 Å². The number of nitrogens with zero attached hydrogens (tertiary/aromatic N) is 7. The van der Waals surface area contributed by atoms with E-state index in [4.69, 9.17) is 16.1 Å². The highest BCUT2D eigenvalue weighted by Gasteiger charge is 2.55. The van der Waals surface area contributed by atoms with Crippen molar-refractivity contribution in [3.8, 4) is 0 Å².